The van der Waals surface area contributed by atoms with Gasteiger partial charge in [0.2, 0.25) is 0 Å². The molecule has 3 heterocycles. The molecule has 0 aliphatic carbocycles. The molecule has 1 atom stereocenters. The van der Waals surface area contributed by atoms with Gasteiger partial charge in [0.25, 0.3) is 0 Å². The van der Waals surface area contributed by atoms with E-state index in [1.54, 1.807) is 23.1 Å². The van der Waals surface area contributed by atoms with E-state index in [4.69, 9.17) is 37.4 Å². The molecule has 1 aliphatic rings. The molecule has 1 N–H and O–H groups in total. The van der Waals surface area contributed by atoms with Crippen molar-refractivity contribution in [2.75, 3.05) is 33.3 Å². The van der Waals surface area contributed by atoms with Crippen LogP contribution < -0.4 is 14.2 Å². The monoisotopic (exact) mass is 768 g/mol. The Morgan fingerprint density at radius 3 is 2.43 bits per heavy atom. The fraction of sp³-hybridized carbons (Fsp3) is 0.357. The Morgan fingerprint density at radius 2 is 1.69 bits per heavy atom. The molecule has 54 heavy (non-hydrogen) atoms. The number of nitriles is 1. The highest BCUT2D eigenvalue weighted by Gasteiger charge is 2.20. The van der Waals surface area contributed by atoms with Gasteiger partial charge in [-0.15, -0.1) is 0 Å². The van der Waals surface area contributed by atoms with E-state index >= 15 is 0 Å². The number of nitrogens with zero attached hydrogens (tertiary/aromatic N) is 6. The lowest BCUT2D eigenvalue weighted by molar-refractivity contribution is 0.173. The van der Waals surface area contributed by atoms with Crippen LogP contribution >= 0.6 is 23.2 Å². The number of likely N-dealkylation sites (tertiary alicyclic amines) is 1. The summed E-state index contributed by atoms with van der Waals surface area (Å²) in [5, 5.41) is 24.7. The van der Waals surface area contributed by atoms with Gasteiger partial charge in [-0.2, -0.15) is 10.4 Å². The molecular formula is C42H46Cl2N6O4. The maximum Gasteiger partial charge on any atom is 0.142 e. The third-order valence-corrected chi connectivity index (χ3v) is 10.3. The van der Waals surface area contributed by atoms with Gasteiger partial charge in [-0.25, -0.2) is 0 Å². The number of hydrogen-bond acceptors (Lipinski definition) is 9. The van der Waals surface area contributed by atoms with Crippen LogP contribution in [0.3, 0.4) is 0 Å². The first-order chi connectivity index (χ1) is 26.1. The maximum absolute atomic E-state index is 9.81. The molecule has 1 unspecified atom stereocenters. The van der Waals surface area contributed by atoms with Gasteiger partial charge in [0.15, 0.2) is 0 Å². The van der Waals surface area contributed by atoms with E-state index in [-0.39, 0.29) is 12.7 Å². The first-order valence-corrected chi connectivity index (χ1v) is 18.8. The summed E-state index contributed by atoms with van der Waals surface area (Å²) in [5.74, 6) is 1.97. The summed E-state index contributed by atoms with van der Waals surface area (Å²) in [6, 6.07) is 20.0. The van der Waals surface area contributed by atoms with Crippen LogP contribution in [0.2, 0.25) is 10.0 Å². The van der Waals surface area contributed by atoms with E-state index in [9.17, 15) is 10.4 Å². The van der Waals surface area contributed by atoms with Gasteiger partial charge in [-0.05, 0) is 79.8 Å². The van der Waals surface area contributed by atoms with Gasteiger partial charge in [-0.1, -0.05) is 53.5 Å². The van der Waals surface area contributed by atoms with Crippen molar-refractivity contribution in [1.29, 1.82) is 5.26 Å². The van der Waals surface area contributed by atoms with Crippen LogP contribution in [-0.2, 0) is 33.4 Å². The Morgan fingerprint density at radius 1 is 0.907 bits per heavy atom. The highest BCUT2D eigenvalue weighted by Crippen LogP contribution is 2.37. The van der Waals surface area contributed by atoms with Crippen LogP contribution in [0.1, 0.15) is 51.9 Å². The number of aliphatic hydroxyl groups excluding tert-OH is 1. The van der Waals surface area contributed by atoms with Crippen LogP contribution in [0.4, 0.5) is 0 Å². The molecule has 5 aromatic rings. The van der Waals surface area contributed by atoms with Crippen LogP contribution in [0, 0.1) is 25.2 Å². The number of aryl methyl sites for hydroxylation is 1. The zero-order chi connectivity index (χ0) is 38.2. The smallest absolute Gasteiger partial charge is 0.142 e. The number of ether oxygens (including phenoxy) is 3. The van der Waals surface area contributed by atoms with E-state index in [1.807, 2.05) is 44.4 Å². The minimum absolute atomic E-state index is 0.205. The molecule has 0 amide bonds. The van der Waals surface area contributed by atoms with Crippen molar-refractivity contribution in [2.45, 2.75) is 59.1 Å². The van der Waals surface area contributed by atoms with Crippen molar-refractivity contribution in [3.05, 3.63) is 122 Å². The van der Waals surface area contributed by atoms with Gasteiger partial charge in [0.05, 0.1) is 34.0 Å². The second kappa shape index (κ2) is 18.1. The molecule has 0 saturated carbocycles. The summed E-state index contributed by atoms with van der Waals surface area (Å²) in [6.45, 7) is 8.97. The molecule has 1 saturated heterocycles. The molecule has 0 bridgehead atoms. The number of β-amino-alcohol motifs (C(OH)–C–C–N with tert-alkyl or cyclic N) is 1. The van der Waals surface area contributed by atoms with E-state index in [0.717, 1.165) is 82.9 Å². The van der Waals surface area contributed by atoms with Gasteiger partial charge >= 0.3 is 0 Å². The quantitative estimate of drug-likeness (QED) is 0.100. The van der Waals surface area contributed by atoms with Gasteiger partial charge in [0, 0.05) is 75.6 Å². The molecule has 6 rings (SSSR count). The lowest BCUT2D eigenvalue weighted by Crippen LogP contribution is -2.24. The second-order valence-electron chi connectivity index (χ2n) is 13.9. The number of pyridine rings is 1. The standard InChI is InChI=1S/C42H46Cl2N6O4/c1-28-32(8-5-9-35(28)36-10-6-11-40(29(36)2)52-15-7-13-50-14-12-34(51)23-50)27-54-42-18-41(53-26-31-16-30(19-45)20-46-21-31)33(17-37(42)43)22-48(3)25-39-38(44)24-49(4)47-39/h5-6,8-11,16-18,20-21,24,34,51H,7,12-15,22-23,25-27H2,1-4H3. The molecule has 3 aromatic carbocycles. The number of halogens is 2. The average molecular weight is 770 g/mol. The highest BCUT2D eigenvalue weighted by atomic mass is 35.5. The van der Waals surface area contributed by atoms with E-state index < -0.39 is 0 Å². The zero-order valence-corrected chi connectivity index (χ0v) is 32.7. The molecule has 0 spiro atoms. The van der Waals surface area contributed by atoms with Crippen molar-refractivity contribution < 1.29 is 19.3 Å². The fourth-order valence-electron chi connectivity index (χ4n) is 6.78. The second-order valence-corrected chi connectivity index (χ2v) is 14.7. The Balaban J connectivity index is 1.17. The van der Waals surface area contributed by atoms with Crippen LogP contribution in [-0.4, -0.2) is 69.1 Å². The van der Waals surface area contributed by atoms with Crippen molar-refractivity contribution in [3.8, 4) is 34.4 Å². The Hall–Kier alpha value is -4.63. The summed E-state index contributed by atoms with van der Waals surface area (Å²) in [7, 11) is 3.82. The minimum atomic E-state index is -0.205. The normalized spacial score (nSPS) is 14.4. The first-order valence-electron chi connectivity index (χ1n) is 18.1. The maximum atomic E-state index is 9.81. The SMILES string of the molecule is Cc1c(COc2cc(OCc3cncc(C#N)c3)c(CN(C)Cc3nn(C)cc3Cl)cc2Cl)cccc1-c1cccc(OCCCN2CCC(O)C2)c1C. The zero-order valence-electron chi connectivity index (χ0n) is 31.2. The molecular weight excluding hydrogens is 723 g/mol. The number of benzene rings is 3. The Bertz CT molecular complexity index is 2120. The molecule has 0 radical (unpaired) electrons. The molecule has 2 aromatic heterocycles. The van der Waals surface area contributed by atoms with Crippen LogP contribution in [0.25, 0.3) is 11.1 Å². The molecule has 1 aliphatic heterocycles. The third kappa shape index (κ3) is 9.91. The molecule has 1 fully saturated rings. The highest BCUT2D eigenvalue weighted by molar-refractivity contribution is 6.32. The third-order valence-electron chi connectivity index (χ3n) is 9.67. The topological polar surface area (TPSA) is 109 Å². The van der Waals surface area contributed by atoms with Crippen LogP contribution in [0.5, 0.6) is 17.2 Å². The predicted molar refractivity (Wildman–Crippen MR) is 211 cm³/mol. The first kappa shape index (κ1) is 39.1. The summed E-state index contributed by atoms with van der Waals surface area (Å²) in [4.78, 5) is 8.55. The van der Waals surface area contributed by atoms with Gasteiger partial charge < -0.3 is 24.2 Å². The molecule has 12 heteroatoms. The van der Waals surface area contributed by atoms with E-state index in [1.165, 1.54) is 6.20 Å². The summed E-state index contributed by atoms with van der Waals surface area (Å²) >= 11 is 13.3. The molecule has 282 valence electrons. The lowest BCUT2D eigenvalue weighted by Gasteiger charge is -2.21. The Kier molecular flexibility index (Phi) is 13.1. The van der Waals surface area contributed by atoms with E-state index in [0.29, 0.717) is 53.4 Å². The van der Waals surface area contributed by atoms with Crippen molar-refractivity contribution in [3.63, 3.8) is 0 Å². The number of aliphatic hydroxyl groups is 1. The fourth-order valence-corrected chi connectivity index (χ4v) is 7.26. The Labute approximate surface area is 327 Å². The minimum Gasteiger partial charge on any atom is -0.493 e. The van der Waals surface area contributed by atoms with Gasteiger partial charge in [0.1, 0.15) is 36.5 Å². The summed E-state index contributed by atoms with van der Waals surface area (Å²) in [6.07, 6.45) is 6.53. The number of aromatic nitrogens is 3. The number of hydrogen-bond donors (Lipinski definition) is 1. The van der Waals surface area contributed by atoms with E-state index in [2.05, 4.69) is 58.0 Å². The van der Waals surface area contributed by atoms with Crippen molar-refractivity contribution >= 4 is 23.2 Å². The van der Waals surface area contributed by atoms with Crippen LogP contribution in [0.15, 0.2) is 73.2 Å². The largest absolute Gasteiger partial charge is 0.493 e. The average Bonchev–Trinajstić information content (AvgIpc) is 3.72. The summed E-state index contributed by atoms with van der Waals surface area (Å²) in [5.41, 5.74) is 8.31. The van der Waals surface area contributed by atoms with Crippen molar-refractivity contribution in [1.82, 2.24) is 24.6 Å². The van der Waals surface area contributed by atoms with Crippen molar-refractivity contribution in [2.24, 2.45) is 7.05 Å². The summed E-state index contributed by atoms with van der Waals surface area (Å²) < 4.78 is 20.7. The van der Waals surface area contributed by atoms with Gasteiger partial charge in [-0.3, -0.25) is 14.6 Å². The molecule has 10 nitrogen and oxygen atoms in total. The number of rotatable bonds is 16. The lowest BCUT2D eigenvalue weighted by atomic mass is 9.93. The predicted octanol–water partition coefficient (Wildman–Crippen LogP) is 7.90.